The monoisotopic (exact) mass is 374 g/mol. The third kappa shape index (κ3) is 3.83. The van der Waals surface area contributed by atoms with Gasteiger partial charge in [-0.25, -0.2) is 4.98 Å². The maximum Gasteiger partial charge on any atom is 0.434 e. The highest BCUT2D eigenvalue weighted by molar-refractivity contribution is 5.84. The number of hydrogen-bond donors (Lipinski definition) is 0. The quantitative estimate of drug-likeness (QED) is 0.688. The van der Waals surface area contributed by atoms with Gasteiger partial charge >= 0.3 is 6.18 Å². The van der Waals surface area contributed by atoms with E-state index in [4.69, 9.17) is 0 Å². The van der Waals surface area contributed by atoms with E-state index in [0.29, 0.717) is 24.7 Å². The number of fused-ring (bicyclic) bond motifs is 2. The van der Waals surface area contributed by atoms with E-state index in [-0.39, 0.29) is 0 Å². The van der Waals surface area contributed by atoms with Crippen LogP contribution in [0.5, 0.6) is 0 Å². The Morgan fingerprint density at radius 2 is 2.11 bits per heavy atom. The molecular formula is C20H21F3N4. The van der Waals surface area contributed by atoms with E-state index < -0.39 is 11.9 Å². The van der Waals surface area contributed by atoms with Gasteiger partial charge in [0.2, 0.25) is 0 Å². The first kappa shape index (κ1) is 18.0. The lowest BCUT2D eigenvalue weighted by molar-refractivity contribution is -0.141. The van der Waals surface area contributed by atoms with E-state index in [1.165, 1.54) is 10.9 Å². The Morgan fingerprint density at radius 3 is 2.93 bits per heavy atom. The number of pyridine rings is 1. The van der Waals surface area contributed by atoms with Gasteiger partial charge in [0, 0.05) is 50.0 Å². The number of aromatic nitrogens is 3. The number of hydrogen-bond acceptors (Lipinski definition) is 3. The fraction of sp³-hybridized carbons (Fsp3) is 0.400. The number of alkyl halides is 3. The van der Waals surface area contributed by atoms with Gasteiger partial charge in [-0.1, -0.05) is 18.2 Å². The highest BCUT2D eigenvalue weighted by Crippen LogP contribution is 2.31. The fourth-order valence-corrected chi connectivity index (χ4v) is 3.92. The topological polar surface area (TPSA) is 34.0 Å². The van der Waals surface area contributed by atoms with Crippen molar-refractivity contribution >= 4 is 10.8 Å². The molecule has 4 rings (SSSR count). The van der Waals surface area contributed by atoms with Crippen LogP contribution in [0.3, 0.4) is 0 Å². The van der Waals surface area contributed by atoms with Gasteiger partial charge in [-0.05, 0) is 36.4 Å². The summed E-state index contributed by atoms with van der Waals surface area (Å²) in [6.45, 7) is 2.21. The highest BCUT2D eigenvalue weighted by atomic mass is 19.4. The second-order valence-electron chi connectivity index (χ2n) is 7.31. The maximum atomic E-state index is 12.9. The molecule has 3 aromatic rings. The minimum Gasteiger partial charge on any atom is -0.334 e. The van der Waals surface area contributed by atoms with E-state index >= 15 is 0 Å². The van der Waals surface area contributed by atoms with Crippen LogP contribution >= 0.6 is 0 Å². The molecule has 4 nitrogen and oxygen atoms in total. The zero-order valence-corrected chi connectivity index (χ0v) is 15.1. The van der Waals surface area contributed by atoms with Crippen molar-refractivity contribution in [3.63, 3.8) is 0 Å². The zero-order valence-electron chi connectivity index (χ0n) is 15.1. The van der Waals surface area contributed by atoms with Crippen molar-refractivity contribution in [1.29, 1.82) is 0 Å². The second-order valence-corrected chi connectivity index (χ2v) is 7.31. The van der Waals surface area contributed by atoms with Gasteiger partial charge in [0.1, 0.15) is 5.82 Å². The Bertz CT molecular complexity index is 943. The van der Waals surface area contributed by atoms with Crippen molar-refractivity contribution in [2.45, 2.75) is 32.1 Å². The highest BCUT2D eigenvalue weighted by Gasteiger charge is 2.35. The Labute approximate surface area is 155 Å². The van der Waals surface area contributed by atoms with E-state index in [2.05, 4.69) is 28.0 Å². The third-order valence-corrected chi connectivity index (χ3v) is 5.16. The molecule has 7 heteroatoms. The molecular weight excluding hydrogens is 353 g/mol. The van der Waals surface area contributed by atoms with Crippen molar-refractivity contribution in [3.8, 4) is 0 Å². The largest absolute Gasteiger partial charge is 0.434 e. The van der Waals surface area contributed by atoms with Crippen LogP contribution in [-0.2, 0) is 25.7 Å². The first-order valence-corrected chi connectivity index (χ1v) is 9.03. The van der Waals surface area contributed by atoms with Crippen LogP contribution in [0.1, 0.15) is 23.5 Å². The maximum absolute atomic E-state index is 12.9. The van der Waals surface area contributed by atoms with Gasteiger partial charge in [-0.2, -0.15) is 13.2 Å². The molecule has 2 aromatic heterocycles. The van der Waals surface area contributed by atoms with Crippen LogP contribution in [0.15, 0.2) is 42.9 Å². The molecule has 1 aliphatic rings. The van der Waals surface area contributed by atoms with Crippen molar-refractivity contribution in [3.05, 3.63) is 59.9 Å². The molecule has 27 heavy (non-hydrogen) atoms. The van der Waals surface area contributed by atoms with Crippen LogP contribution in [0.25, 0.3) is 10.8 Å². The van der Waals surface area contributed by atoms with E-state index in [0.717, 1.165) is 31.1 Å². The summed E-state index contributed by atoms with van der Waals surface area (Å²) in [5.74, 6) is 0.859. The van der Waals surface area contributed by atoms with E-state index in [1.54, 1.807) is 10.8 Å². The zero-order chi connectivity index (χ0) is 19.0. The van der Waals surface area contributed by atoms with Crippen LogP contribution < -0.4 is 0 Å². The smallest absolute Gasteiger partial charge is 0.334 e. The third-order valence-electron chi connectivity index (χ3n) is 5.16. The summed E-state index contributed by atoms with van der Waals surface area (Å²) < 4.78 is 40.3. The molecule has 0 N–H and O–H groups in total. The van der Waals surface area contributed by atoms with E-state index in [1.807, 2.05) is 24.4 Å². The Morgan fingerprint density at radius 1 is 1.26 bits per heavy atom. The Hall–Kier alpha value is -2.41. The summed E-state index contributed by atoms with van der Waals surface area (Å²) in [4.78, 5) is 10.2. The van der Waals surface area contributed by atoms with Gasteiger partial charge in [0.15, 0.2) is 5.69 Å². The lowest BCUT2D eigenvalue weighted by Gasteiger charge is -2.28. The molecule has 0 saturated carbocycles. The average Bonchev–Trinajstić information content (AvgIpc) is 3.06. The molecule has 0 aliphatic carbocycles. The molecule has 0 fully saturated rings. The first-order valence-electron chi connectivity index (χ1n) is 9.03. The van der Waals surface area contributed by atoms with Crippen LogP contribution in [0, 0.1) is 5.92 Å². The van der Waals surface area contributed by atoms with Gasteiger partial charge in [0.25, 0.3) is 0 Å². The van der Waals surface area contributed by atoms with Crippen molar-refractivity contribution in [1.82, 2.24) is 19.4 Å². The van der Waals surface area contributed by atoms with Crippen LogP contribution in [0.2, 0.25) is 0 Å². The Kier molecular flexibility index (Phi) is 4.63. The van der Waals surface area contributed by atoms with Gasteiger partial charge in [-0.15, -0.1) is 0 Å². The summed E-state index contributed by atoms with van der Waals surface area (Å²) in [5.41, 5.74) is 0.451. The molecule has 1 atom stereocenters. The van der Waals surface area contributed by atoms with Crippen molar-refractivity contribution < 1.29 is 13.2 Å². The summed E-state index contributed by atoms with van der Waals surface area (Å²) >= 11 is 0. The molecule has 142 valence electrons. The number of imidazole rings is 1. The lowest BCUT2D eigenvalue weighted by atomic mass is 9.98. The second kappa shape index (κ2) is 6.96. The molecule has 0 radical (unpaired) electrons. The number of benzene rings is 1. The molecule has 0 saturated heterocycles. The van der Waals surface area contributed by atoms with Gasteiger partial charge < -0.3 is 9.47 Å². The SMILES string of the molecule is CN(Cc1cccc2cnccc12)C[C@@H]1CCc2nc(C(F)(F)F)cn2C1. The first-order chi connectivity index (χ1) is 12.9. The van der Waals surface area contributed by atoms with Crippen LogP contribution in [0.4, 0.5) is 13.2 Å². The van der Waals surface area contributed by atoms with Gasteiger partial charge in [-0.3, -0.25) is 4.98 Å². The molecule has 3 heterocycles. The van der Waals surface area contributed by atoms with Crippen LogP contribution in [-0.4, -0.2) is 33.0 Å². The predicted molar refractivity (Wildman–Crippen MR) is 97.1 cm³/mol. The molecule has 0 spiro atoms. The molecule has 1 aliphatic heterocycles. The average molecular weight is 374 g/mol. The number of halogens is 3. The standard InChI is InChI=1S/C20H21F3N4/c1-26(12-16-4-2-3-15-9-24-8-7-17(15)16)10-14-5-6-19-25-18(20(21,22)23)13-27(19)11-14/h2-4,7-9,13-14H,5-6,10-12H2,1H3/t14-/m0/s1. The summed E-state index contributed by atoms with van der Waals surface area (Å²) in [5, 5.41) is 2.30. The summed E-state index contributed by atoms with van der Waals surface area (Å²) in [7, 11) is 2.06. The van der Waals surface area contributed by atoms with Crippen molar-refractivity contribution in [2.24, 2.45) is 5.92 Å². The number of aryl methyl sites for hydroxylation is 1. The summed E-state index contributed by atoms with van der Waals surface area (Å²) in [6, 6.07) is 8.22. The van der Waals surface area contributed by atoms with E-state index in [9.17, 15) is 13.2 Å². The predicted octanol–water partition coefficient (Wildman–Crippen LogP) is 4.14. The fourth-order valence-electron chi connectivity index (χ4n) is 3.92. The summed E-state index contributed by atoms with van der Waals surface area (Å²) in [6.07, 6.45) is 1.89. The molecule has 0 amide bonds. The molecule has 1 aromatic carbocycles. The normalized spacial score (nSPS) is 17.4. The minimum absolute atomic E-state index is 0.314. The minimum atomic E-state index is -4.38. The molecule has 0 bridgehead atoms. The number of nitrogens with zero attached hydrogens (tertiary/aromatic N) is 4. The lowest BCUT2D eigenvalue weighted by Crippen LogP contribution is -2.31. The Balaban J connectivity index is 1.43. The van der Waals surface area contributed by atoms with Gasteiger partial charge in [0.05, 0.1) is 0 Å². The number of rotatable bonds is 4. The molecule has 0 unspecified atom stereocenters. The van der Waals surface area contributed by atoms with Crippen molar-refractivity contribution in [2.75, 3.05) is 13.6 Å².